The van der Waals surface area contributed by atoms with Crippen LogP contribution in [0.2, 0.25) is 0 Å². The first kappa shape index (κ1) is 13.5. The van der Waals surface area contributed by atoms with Crippen molar-refractivity contribution in [2.45, 2.75) is 13.5 Å². The molecule has 0 aliphatic rings. The third kappa shape index (κ3) is 3.35. The lowest BCUT2D eigenvalue weighted by Gasteiger charge is -2.05. The average molecular weight is 298 g/mol. The van der Waals surface area contributed by atoms with Gasteiger partial charge in [-0.25, -0.2) is 9.97 Å². The first-order valence-electron chi connectivity index (χ1n) is 6.49. The van der Waals surface area contributed by atoms with Gasteiger partial charge < -0.3 is 4.57 Å². The summed E-state index contributed by atoms with van der Waals surface area (Å²) in [6.07, 6.45) is 5.43. The largest absolute Gasteiger partial charge is 0.333 e. The fourth-order valence-corrected chi connectivity index (χ4v) is 2.62. The van der Waals surface area contributed by atoms with Crippen LogP contribution in [0.25, 0.3) is 0 Å². The number of nitrogens with zero attached hydrogens (tertiary/aromatic N) is 3. The summed E-state index contributed by atoms with van der Waals surface area (Å²) in [6, 6.07) is 7.54. The lowest BCUT2D eigenvalue weighted by atomic mass is 10.1. The van der Waals surface area contributed by atoms with Crippen LogP contribution < -0.4 is 5.32 Å². The topological polar surface area (TPSA) is 59.8 Å². The van der Waals surface area contributed by atoms with Crippen molar-refractivity contribution in [2.24, 2.45) is 0 Å². The highest BCUT2D eigenvalue weighted by Crippen LogP contribution is 2.16. The van der Waals surface area contributed by atoms with E-state index in [2.05, 4.69) is 15.3 Å². The van der Waals surface area contributed by atoms with E-state index in [9.17, 15) is 4.79 Å². The number of benzene rings is 1. The van der Waals surface area contributed by atoms with Crippen LogP contribution in [0.5, 0.6) is 0 Å². The Kier molecular flexibility index (Phi) is 3.79. The molecule has 3 aromatic rings. The lowest BCUT2D eigenvalue weighted by molar-refractivity contribution is 0.102. The summed E-state index contributed by atoms with van der Waals surface area (Å²) in [5, 5.41) is 5.33. The quantitative estimate of drug-likeness (QED) is 0.805. The molecule has 0 spiro atoms. The smallest absolute Gasteiger partial charge is 0.257 e. The molecule has 106 valence electrons. The second-order valence-corrected chi connectivity index (χ2v) is 5.54. The molecule has 0 saturated carbocycles. The van der Waals surface area contributed by atoms with Crippen LogP contribution in [0.1, 0.15) is 21.6 Å². The van der Waals surface area contributed by atoms with Crippen molar-refractivity contribution in [3.63, 3.8) is 0 Å². The van der Waals surface area contributed by atoms with Gasteiger partial charge in [0.15, 0.2) is 5.13 Å². The van der Waals surface area contributed by atoms with Crippen molar-refractivity contribution in [1.29, 1.82) is 0 Å². The number of thiazole rings is 1. The molecule has 0 fully saturated rings. The van der Waals surface area contributed by atoms with Gasteiger partial charge in [0.25, 0.3) is 5.91 Å². The van der Waals surface area contributed by atoms with Gasteiger partial charge in [-0.05, 0) is 24.6 Å². The molecule has 2 aromatic heterocycles. The Morgan fingerprint density at radius 1 is 1.33 bits per heavy atom. The normalized spacial score (nSPS) is 10.5. The number of nitrogens with one attached hydrogen (secondary N) is 1. The van der Waals surface area contributed by atoms with Crippen LogP contribution in [-0.4, -0.2) is 20.4 Å². The molecular weight excluding hydrogens is 284 g/mol. The highest BCUT2D eigenvalue weighted by atomic mass is 32.1. The number of rotatable bonds is 4. The Hall–Kier alpha value is -2.47. The van der Waals surface area contributed by atoms with E-state index >= 15 is 0 Å². The maximum atomic E-state index is 12.1. The van der Waals surface area contributed by atoms with Gasteiger partial charge in [-0.3, -0.25) is 10.1 Å². The molecule has 5 nitrogen and oxygen atoms in total. The van der Waals surface area contributed by atoms with Gasteiger partial charge in [-0.1, -0.05) is 12.1 Å². The van der Waals surface area contributed by atoms with Gasteiger partial charge in [0, 0.05) is 29.9 Å². The predicted octanol–water partition coefficient (Wildman–Crippen LogP) is 2.95. The standard InChI is InChI=1S/C15H14N4OS/c1-11-9-21-15(17-11)18-14(20)13-4-2-12(3-5-13)8-19-7-6-16-10-19/h2-7,9-10H,8H2,1H3,(H,17,18,20). The molecule has 2 heterocycles. The number of amides is 1. The van der Waals surface area contributed by atoms with Gasteiger partial charge in [0.2, 0.25) is 0 Å². The van der Waals surface area contributed by atoms with Gasteiger partial charge in [-0.15, -0.1) is 11.3 Å². The van der Waals surface area contributed by atoms with Gasteiger partial charge in [0.1, 0.15) is 0 Å². The molecule has 0 unspecified atom stereocenters. The van der Waals surface area contributed by atoms with Crippen molar-refractivity contribution in [3.05, 3.63) is 65.2 Å². The van der Waals surface area contributed by atoms with Crippen molar-refractivity contribution in [1.82, 2.24) is 14.5 Å². The van der Waals surface area contributed by atoms with Crippen molar-refractivity contribution in [2.75, 3.05) is 5.32 Å². The Morgan fingerprint density at radius 2 is 2.14 bits per heavy atom. The number of carbonyl (C=O) groups is 1. The fraction of sp³-hybridized carbons (Fsp3) is 0.133. The van der Waals surface area contributed by atoms with Crippen LogP contribution in [0.15, 0.2) is 48.4 Å². The van der Waals surface area contributed by atoms with Crippen LogP contribution >= 0.6 is 11.3 Å². The Labute approximate surface area is 126 Å². The summed E-state index contributed by atoms with van der Waals surface area (Å²) < 4.78 is 1.98. The number of hydrogen-bond acceptors (Lipinski definition) is 4. The second kappa shape index (κ2) is 5.88. The van der Waals surface area contributed by atoms with Crippen LogP contribution in [-0.2, 0) is 6.54 Å². The molecule has 0 bridgehead atoms. The highest BCUT2D eigenvalue weighted by Gasteiger charge is 2.08. The number of anilines is 1. The summed E-state index contributed by atoms with van der Waals surface area (Å²) in [5.41, 5.74) is 2.65. The summed E-state index contributed by atoms with van der Waals surface area (Å²) in [5.74, 6) is -0.140. The Balaban J connectivity index is 1.67. The molecule has 6 heteroatoms. The number of aromatic nitrogens is 3. The Morgan fingerprint density at radius 3 is 2.76 bits per heavy atom. The SMILES string of the molecule is Cc1csc(NC(=O)c2ccc(Cn3ccnc3)cc2)n1. The van der Waals surface area contributed by atoms with E-state index in [1.807, 2.05) is 47.3 Å². The second-order valence-electron chi connectivity index (χ2n) is 4.68. The minimum absolute atomic E-state index is 0.140. The maximum Gasteiger partial charge on any atom is 0.257 e. The van der Waals surface area contributed by atoms with Crippen molar-refractivity contribution >= 4 is 22.4 Å². The fourth-order valence-electron chi connectivity index (χ4n) is 1.93. The zero-order valence-corrected chi connectivity index (χ0v) is 12.3. The van der Waals surface area contributed by atoms with Crippen LogP contribution in [0, 0.1) is 6.92 Å². The number of imidazole rings is 1. The van der Waals surface area contributed by atoms with E-state index < -0.39 is 0 Å². The molecule has 1 N–H and O–H groups in total. The Bertz CT molecular complexity index is 731. The zero-order valence-electron chi connectivity index (χ0n) is 11.5. The average Bonchev–Trinajstić information content (AvgIpc) is 3.12. The number of carbonyl (C=O) groups excluding carboxylic acids is 1. The summed E-state index contributed by atoms with van der Waals surface area (Å²) in [6.45, 7) is 2.64. The van der Waals surface area contributed by atoms with Gasteiger partial charge >= 0.3 is 0 Å². The maximum absolute atomic E-state index is 12.1. The summed E-state index contributed by atoms with van der Waals surface area (Å²) >= 11 is 1.43. The van der Waals surface area contributed by atoms with Gasteiger partial charge in [-0.2, -0.15) is 0 Å². The minimum Gasteiger partial charge on any atom is -0.333 e. The van der Waals surface area contributed by atoms with E-state index in [0.29, 0.717) is 10.7 Å². The molecule has 0 radical (unpaired) electrons. The molecule has 1 aromatic carbocycles. The van der Waals surface area contributed by atoms with E-state index in [1.54, 1.807) is 12.5 Å². The van der Waals surface area contributed by atoms with E-state index in [4.69, 9.17) is 0 Å². The van der Waals surface area contributed by atoms with Gasteiger partial charge in [0.05, 0.1) is 12.0 Å². The first-order chi connectivity index (χ1) is 10.2. The molecule has 21 heavy (non-hydrogen) atoms. The summed E-state index contributed by atoms with van der Waals surface area (Å²) in [4.78, 5) is 20.3. The number of hydrogen-bond donors (Lipinski definition) is 1. The lowest BCUT2D eigenvalue weighted by Crippen LogP contribution is -2.11. The molecule has 0 atom stereocenters. The summed E-state index contributed by atoms with van der Waals surface area (Å²) in [7, 11) is 0. The highest BCUT2D eigenvalue weighted by molar-refractivity contribution is 7.13. The first-order valence-corrected chi connectivity index (χ1v) is 7.37. The monoisotopic (exact) mass is 298 g/mol. The zero-order chi connectivity index (χ0) is 14.7. The van der Waals surface area contributed by atoms with Crippen molar-refractivity contribution in [3.8, 4) is 0 Å². The third-order valence-corrected chi connectivity index (χ3v) is 3.86. The van der Waals surface area contributed by atoms with E-state index in [0.717, 1.165) is 17.8 Å². The molecule has 0 aliphatic heterocycles. The van der Waals surface area contributed by atoms with Crippen LogP contribution in [0.3, 0.4) is 0 Å². The molecule has 3 rings (SSSR count). The molecule has 1 amide bonds. The molecule has 0 aliphatic carbocycles. The minimum atomic E-state index is -0.140. The van der Waals surface area contributed by atoms with E-state index in [-0.39, 0.29) is 5.91 Å². The third-order valence-electron chi connectivity index (χ3n) is 2.98. The van der Waals surface area contributed by atoms with E-state index in [1.165, 1.54) is 11.3 Å². The van der Waals surface area contributed by atoms with Crippen molar-refractivity contribution < 1.29 is 4.79 Å². The number of aryl methyl sites for hydroxylation is 1. The molecular formula is C15H14N4OS. The van der Waals surface area contributed by atoms with Crippen LogP contribution in [0.4, 0.5) is 5.13 Å². The predicted molar refractivity (Wildman–Crippen MR) is 82.6 cm³/mol. The molecule has 0 saturated heterocycles.